The fourth-order valence-corrected chi connectivity index (χ4v) is 9.53. The van der Waals surface area contributed by atoms with Crippen LogP contribution in [0.4, 0.5) is 14.6 Å². The van der Waals surface area contributed by atoms with Crippen molar-refractivity contribution in [1.82, 2.24) is 25.1 Å². The van der Waals surface area contributed by atoms with Gasteiger partial charge in [-0.3, -0.25) is 9.78 Å². The third kappa shape index (κ3) is 6.90. The van der Waals surface area contributed by atoms with Crippen molar-refractivity contribution in [2.45, 2.75) is 64.6 Å². The molecule has 2 fully saturated rings. The molecule has 3 amide bonds. The molecule has 1 saturated heterocycles. The third-order valence-corrected chi connectivity index (χ3v) is 11.6. The fourth-order valence-electron chi connectivity index (χ4n) is 7.16. The molecule has 4 aromatic rings. The van der Waals surface area contributed by atoms with Crippen LogP contribution in [0.5, 0.6) is 0 Å². The maximum atomic E-state index is 13.3. The summed E-state index contributed by atoms with van der Waals surface area (Å²) in [5.74, 6) is 0.806. The summed E-state index contributed by atoms with van der Waals surface area (Å²) in [5.41, 5.74) is 4.47. The van der Waals surface area contributed by atoms with E-state index in [0.29, 0.717) is 50.4 Å². The van der Waals surface area contributed by atoms with Gasteiger partial charge in [-0.1, -0.05) is 6.07 Å². The monoisotopic (exact) mass is 688 g/mol. The summed E-state index contributed by atoms with van der Waals surface area (Å²) in [6.45, 7) is 8.36. The Morgan fingerprint density at radius 1 is 1.02 bits per heavy atom. The summed E-state index contributed by atoms with van der Waals surface area (Å²) >= 11 is 3.04. The molecule has 3 atom stereocenters. The summed E-state index contributed by atoms with van der Waals surface area (Å²) in [6, 6.07) is 10.5. The number of nitrogens with zero attached hydrogens (tertiary/aromatic N) is 4. The Morgan fingerprint density at radius 2 is 1.77 bits per heavy atom. The number of nitrogens with one attached hydrogen (secondary N) is 2. The number of likely N-dealkylation sites (tertiary alicyclic amines) is 1. The van der Waals surface area contributed by atoms with E-state index in [-0.39, 0.29) is 12.0 Å². The molecule has 13 heteroatoms. The highest BCUT2D eigenvalue weighted by Crippen LogP contribution is 2.46. The second kappa shape index (κ2) is 13.1. The largest absolute Gasteiger partial charge is 0.465 e. The Labute approximate surface area is 287 Å². The second-order valence-corrected chi connectivity index (χ2v) is 16.1. The Bertz CT molecular complexity index is 1840. The lowest BCUT2D eigenvalue weighted by molar-refractivity contribution is -0.116. The van der Waals surface area contributed by atoms with Gasteiger partial charge in [0.1, 0.15) is 15.6 Å². The molecule has 5 heterocycles. The van der Waals surface area contributed by atoms with E-state index in [2.05, 4.69) is 33.8 Å². The predicted octanol–water partition coefficient (Wildman–Crippen LogP) is 6.69. The number of hydrogen-bond donors (Lipinski definition) is 3. The SMILES string of the molecule is CC(C)(C)OC(=O)N1C[C@H]2C[C@@H](NCCC(=O)Nc3sc4c(c3-c3nc5cc(-c6ccncc6)ccc5s3)CCN(C(=O)O)C4)C[C@H]2C1. The first-order chi connectivity index (χ1) is 23.0. The van der Waals surface area contributed by atoms with Crippen LogP contribution in [0.3, 0.4) is 0 Å². The smallest absolute Gasteiger partial charge is 0.410 e. The number of rotatable bonds is 7. The molecule has 48 heavy (non-hydrogen) atoms. The van der Waals surface area contributed by atoms with Crippen molar-refractivity contribution in [1.29, 1.82) is 0 Å². The van der Waals surface area contributed by atoms with Gasteiger partial charge in [-0.15, -0.1) is 22.7 Å². The van der Waals surface area contributed by atoms with Gasteiger partial charge in [0.15, 0.2) is 0 Å². The number of anilines is 1. The molecule has 1 aromatic carbocycles. The fraction of sp³-hybridized carbons (Fsp3) is 0.457. The third-order valence-electron chi connectivity index (χ3n) is 9.38. The minimum Gasteiger partial charge on any atom is -0.465 e. The van der Waals surface area contributed by atoms with Crippen LogP contribution in [-0.2, 0) is 22.5 Å². The van der Waals surface area contributed by atoms with E-state index in [1.807, 2.05) is 37.8 Å². The molecule has 252 valence electrons. The zero-order valence-electron chi connectivity index (χ0n) is 27.3. The number of carbonyl (C=O) groups is 3. The maximum absolute atomic E-state index is 13.3. The van der Waals surface area contributed by atoms with Crippen LogP contribution in [0.1, 0.15) is 50.5 Å². The molecule has 1 aliphatic carbocycles. The lowest BCUT2D eigenvalue weighted by atomic mass is 10.0. The van der Waals surface area contributed by atoms with Crippen molar-refractivity contribution in [3.05, 3.63) is 53.2 Å². The highest BCUT2D eigenvalue weighted by atomic mass is 32.1. The van der Waals surface area contributed by atoms with Crippen molar-refractivity contribution >= 4 is 56.0 Å². The summed E-state index contributed by atoms with van der Waals surface area (Å²) in [6.07, 6.45) is 5.21. The van der Waals surface area contributed by atoms with E-state index in [1.54, 1.807) is 23.7 Å². The minimum absolute atomic E-state index is 0.0900. The zero-order valence-corrected chi connectivity index (χ0v) is 29.0. The Hall–Kier alpha value is -4.07. The Morgan fingerprint density at radius 3 is 2.48 bits per heavy atom. The molecule has 3 N–H and O–H groups in total. The van der Waals surface area contributed by atoms with Gasteiger partial charge in [-0.25, -0.2) is 14.6 Å². The van der Waals surface area contributed by atoms with Crippen LogP contribution in [0.15, 0.2) is 42.7 Å². The van der Waals surface area contributed by atoms with E-state index in [4.69, 9.17) is 9.72 Å². The molecule has 7 rings (SSSR count). The van der Waals surface area contributed by atoms with Crippen LogP contribution in [0, 0.1) is 11.8 Å². The van der Waals surface area contributed by atoms with Crippen molar-refractivity contribution in [2.75, 3.05) is 31.5 Å². The highest BCUT2D eigenvalue weighted by molar-refractivity contribution is 7.23. The van der Waals surface area contributed by atoms with Gasteiger partial charge in [-0.05, 0) is 92.8 Å². The normalized spacial score (nSPS) is 20.5. The summed E-state index contributed by atoms with van der Waals surface area (Å²) in [5, 5.41) is 18.0. The first-order valence-corrected chi connectivity index (χ1v) is 18.1. The number of aromatic nitrogens is 2. The molecule has 0 bridgehead atoms. The molecule has 3 aromatic heterocycles. The predicted molar refractivity (Wildman–Crippen MR) is 187 cm³/mol. The number of thiophene rings is 1. The quantitative estimate of drug-likeness (QED) is 0.196. The molecule has 0 unspecified atom stereocenters. The van der Waals surface area contributed by atoms with Crippen molar-refractivity contribution in [3.63, 3.8) is 0 Å². The highest BCUT2D eigenvalue weighted by Gasteiger charge is 2.43. The molecular weight excluding hydrogens is 649 g/mol. The number of pyridine rings is 1. The first-order valence-electron chi connectivity index (χ1n) is 16.5. The van der Waals surface area contributed by atoms with E-state index in [0.717, 1.165) is 73.3 Å². The molecular formula is C35H40N6O5S2. The van der Waals surface area contributed by atoms with E-state index >= 15 is 0 Å². The number of ether oxygens (including phenoxy) is 1. The standard InChI is InChI=1S/C35H40N6O5S2/c1-35(2,3)46-34(45)41-17-22-14-24(15-23(22)18-41)37-12-8-29(42)39-32-30(25-9-13-40(33(43)44)19-28(25)48-32)31-38-26-16-21(4-5-27(26)47-31)20-6-10-36-11-7-20/h4-7,10-11,16,22-24,37H,8-9,12-15,17-19H2,1-3H3,(H,39,42)(H,43,44)/t22-,23+,24-. The van der Waals surface area contributed by atoms with Crippen LogP contribution in [-0.4, -0.2) is 80.8 Å². The van der Waals surface area contributed by atoms with Gasteiger partial charge in [0.2, 0.25) is 5.91 Å². The van der Waals surface area contributed by atoms with Gasteiger partial charge in [0.05, 0.1) is 16.8 Å². The molecule has 0 spiro atoms. The number of thiazole rings is 1. The topological polar surface area (TPSA) is 137 Å². The first kappa shape index (κ1) is 32.5. The number of amides is 3. The van der Waals surface area contributed by atoms with Crippen LogP contribution in [0.2, 0.25) is 0 Å². The molecule has 1 saturated carbocycles. The van der Waals surface area contributed by atoms with E-state index in [9.17, 15) is 19.5 Å². The van der Waals surface area contributed by atoms with Crippen molar-refractivity contribution in [2.24, 2.45) is 11.8 Å². The lowest BCUT2D eigenvalue weighted by Gasteiger charge is -2.25. The Balaban J connectivity index is 1.02. The van der Waals surface area contributed by atoms with E-state index in [1.165, 1.54) is 16.2 Å². The molecule has 3 aliphatic rings. The molecule has 0 radical (unpaired) electrons. The van der Waals surface area contributed by atoms with Crippen molar-refractivity contribution < 1.29 is 24.2 Å². The van der Waals surface area contributed by atoms with Gasteiger partial charge < -0.3 is 30.3 Å². The zero-order chi connectivity index (χ0) is 33.6. The number of carboxylic acid groups (broad SMARTS) is 1. The number of carbonyl (C=O) groups excluding carboxylic acids is 2. The van der Waals surface area contributed by atoms with Crippen LogP contribution < -0.4 is 10.6 Å². The summed E-state index contributed by atoms with van der Waals surface area (Å²) < 4.78 is 6.61. The van der Waals surface area contributed by atoms with Gasteiger partial charge >= 0.3 is 12.2 Å². The summed E-state index contributed by atoms with van der Waals surface area (Å²) in [4.78, 5) is 51.0. The van der Waals surface area contributed by atoms with Gasteiger partial charge in [0.25, 0.3) is 0 Å². The number of benzene rings is 1. The second-order valence-electron chi connectivity index (χ2n) is 13.9. The Kier molecular flexibility index (Phi) is 8.86. The van der Waals surface area contributed by atoms with Crippen LogP contribution >= 0.6 is 22.7 Å². The van der Waals surface area contributed by atoms with Crippen molar-refractivity contribution in [3.8, 4) is 21.7 Å². The molecule has 2 aliphatic heterocycles. The van der Waals surface area contributed by atoms with Gasteiger partial charge in [0, 0.05) is 61.5 Å². The average molecular weight is 689 g/mol. The van der Waals surface area contributed by atoms with E-state index < -0.39 is 11.7 Å². The number of fused-ring (bicyclic) bond motifs is 3. The lowest BCUT2D eigenvalue weighted by Crippen LogP contribution is -2.37. The average Bonchev–Trinajstić information content (AvgIpc) is 3.80. The minimum atomic E-state index is -0.940. The number of hydrogen-bond acceptors (Lipinski definition) is 9. The maximum Gasteiger partial charge on any atom is 0.410 e. The van der Waals surface area contributed by atoms with Crippen LogP contribution in [0.25, 0.3) is 31.9 Å². The van der Waals surface area contributed by atoms with Gasteiger partial charge in [-0.2, -0.15) is 0 Å². The molecule has 11 nitrogen and oxygen atoms in total. The summed E-state index contributed by atoms with van der Waals surface area (Å²) in [7, 11) is 0.